The molecule has 4 nitrogen and oxygen atoms in total. The predicted octanol–water partition coefficient (Wildman–Crippen LogP) is 3.22. The molecule has 2 rings (SSSR count). The van der Waals surface area contributed by atoms with Gasteiger partial charge in [0.05, 0.1) is 0 Å². The maximum absolute atomic E-state index is 4.77. The number of benzene rings is 1. The molecule has 24 heavy (non-hydrogen) atoms. The molecule has 2 N–H and O–H groups in total. The van der Waals surface area contributed by atoms with Crippen LogP contribution in [-0.4, -0.2) is 50.6 Å². The van der Waals surface area contributed by atoms with E-state index in [0.29, 0.717) is 5.92 Å². The highest BCUT2D eigenvalue weighted by Gasteiger charge is 2.19. The number of aryl methyl sites for hydroxylation is 1. The average Bonchev–Trinajstić information content (AvgIpc) is 2.96. The van der Waals surface area contributed by atoms with Gasteiger partial charge in [0.15, 0.2) is 5.96 Å². The summed E-state index contributed by atoms with van der Waals surface area (Å²) in [5.74, 6) is 2.11. The van der Waals surface area contributed by atoms with E-state index in [1.165, 1.54) is 30.6 Å². The van der Waals surface area contributed by atoms with Crippen LogP contribution in [0.25, 0.3) is 0 Å². The summed E-state index contributed by atoms with van der Waals surface area (Å²) >= 11 is 0. The molecular weight excluding hydrogens is 411 g/mol. The van der Waals surface area contributed by atoms with Crippen molar-refractivity contribution in [1.82, 2.24) is 15.5 Å². The van der Waals surface area contributed by atoms with Gasteiger partial charge in [-0.15, -0.1) is 24.0 Å². The number of aliphatic imine (C=N–C) groups is 1. The Morgan fingerprint density at radius 1 is 1.29 bits per heavy atom. The molecule has 136 valence electrons. The molecule has 0 bridgehead atoms. The fourth-order valence-corrected chi connectivity index (χ4v) is 3.00. The largest absolute Gasteiger partial charge is 0.357 e. The third-order valence-electron chi connectivity index (χ3n) is 4.56. The molecule has 1 heterocycles. The van der Waals surface area contributed by atoms with Crippen LogP contribution >= 0.6 is 24.0 Å². The van der Waals surface area contributed by atoms with E-state index in [2.05, 4.69) is 67.6 Å². The maximum atomic E-state index is 4.77. The fourth-order valence-electron chi connectivity index (χ4n) is 3.00. The van der Waals surface area contributed by atoms with Crippen molar-refractivity contribution in [3.63, 3.8) is 0 Å². The van der Waals surface area contributed by atoms with Crippen molar-refractivity contribution in [1.29, 1.82) is 0 Å². The fraction of sp³-hybridized carbons (Fsp3) is 0.632. The summed E-state index contributed by atoms with van der Waals surface area (Å²) < 4.78 is 0. The van der Waals surface area contributed by atoms with Gasteiger partial charge < -0.3 is 15.5 Å². The van der Waals surface area contributed by atoms with Gasteiger partial charge >= 0.3 is 0 Å². The molecular formula is C19H33IN4. The molecule has 1 aromatic rings. The number of nitrogens with one attached hydrogen (secondary N) is 2. The van der Waals surface area contributed by atoms with Crippen molar-refractivity contribution >= 4 is 29.9 Å². The molecule has 1 saturated heterocycles. The van der Waals surface area contributed by atoms with Gasteiger partial charge in [0.1, 0.15) is 0 Å². The molecule has 1 aliphatic heterocycles. The Morgan fingerprint density at radius 2 is 2.00 bits per heavy atom. The number of nitrogens with zero attached hydrogens (tertiary/aromatic N) is 2. The predicted molar refractivity (Wildman–Crippen MR) is 115 cm³/mol. The van der Waals surface area contributed by atoms with Crippen LogP contribution < -0.4 is 10.6 Å². The second-order valence-corrected chi connectivity index (χ2v) is 6.83. The summed E-state index contributed by atoms with van der Waals surface area (Å²) in [6, 6.07) is 8.78. The number of guanidine groups is 1. The zero-order valence-electron chi connectivity index (χ0n) is 15.5. The summed E-state index contributed by atoms with van der Waals surface area (Å²) in [6.45, 7) is 11.6. The van der Waals surface area contributed by atoms with Crippen molar-refractivity contribution in [3.05, 3.63) is 35.4 Å². The summed E-state index contributed by atoms with van der Waals surface area (Å²) in [6.07, 6.45) is 1.28. The first-order chi connectivity index (χ1) is 11.1. The zero-order valence-corrected chi connectivity index (χ0v) is 17.8. The number of rotatable bonds is 6. The van der Waals surface area contributed by atoms with Crippen molar-refractivity contribution < 1.29 is 0 Å². The van der Waals surface area contributed by atoms with E-state index in [9.17, 15) is 0 Å². The Kier molecular flexibility index (Phi) is 9.66. The summed E-state index contributed by atoms with van der Waals surface area (Å²) in [5.41, 5.74) is 2.66. The quantitative estimate of drug-likeness (QED) is 0.402. The van der Waals surface area contributed by atoms with Crippen LogP contribution in [0.5, 0.6) is 0 Å². The van der Waals surface area contributed by atoms with E-state index in [1.807, 2.05) is 0 Å². The van der Waals surface area contributed by atoms with E-state index in [0.717, 1.165) is 31.5 Å². The molecule has 0 radical (unpaired) electrons. The molecule has 0 aromatic heterocycles. The summed E-state index contributed by atoms with van der Waals surface area (Å²) in [4.78, 5) is 7.17. The molecule has 5 heteroatoms. The number of hydrogen-bond donors (Lipinski definition) is 2. The van der Waals surface area contributed by atoms with E-state index < -0.39 is 0 Å². The van der Waals surface area contributed by atoms with Crippen LogP contribution in [0.2, 0.25) is 0 Å². The van der Waals surface area contributed by atoms with Crippen LogP contribution in [0, 0.1) is 12.8 Å². The standard InChI is InChI=1S/C19H32N4.HI/c1-5-20-19(22-13-17-10-11-23(4)14-17)21-12-16(3)18-8-6-15(2)7-9-18;/h6-9,16-17H,5,10-14H2,1-4H3,(H2,20,21,22);1H. The van der Waals surface area contributed by atoms with E-state index >= 15 is 0 Å². The summed E-state index contributed by atoms with van der Waals surface area (Å²) in [7, 11) is 2.20. The normalized spacial score (nSPS) is 19.7. The monoisotopic (exact) mass is 444 g/mol. The minimum atomic E-state index is 0. The van der Waals surface area contributed by atoms with Gasteiger partial charge in [-0.25, -0.2) is 0 Å². The van der Waals surface area contributed by atoms with Crippen LogP contribution in [0.1, 0.15) is 37.3 Å². The van der Waals surface area contributed by atoms with Crippen molar-refractivity contribution in [2.45, 2.75) is 33.1 Å². The average molecular weight is 444 g/mol. The Balaban J connectivity index is 0.00000288. The lowest BCUT2D eigenvalue weighted by Crippen LogP contribution is -2.40. The van der Waals surface area contributed by atoms with Crippen LogP contribution in [-0.2, 0) is 0 Å². The van der Waals surface area contributed by atoms with Gasteiger partial charge in [-0.3, -0.25) is 4.99 Å². The molecule has 1 fully saturated rings. The molecule has 2 atom stereocenters. The van der Waals surface area contributed by atoms with Crippen molar-refractivity contribution in [2.24, 2.45) is 10.9 Å². The van der Waals surface area contributed by atoms with Gasteiger partial charge in [-0.1, -0.05) is 36.8 Å². The lowest BCUT2D eigenvalue weighted by atomic mass is 10.0. The Morgan fingerprint density at radius 3 is 2.58 bits per heavy atom. The van der Waals surface area contributed by atoms with Crippen LogP contribution in [0.3, 0.4) is 0 Å². The van der Waals surface area contributed by atoms with Gasteiger partial charge in [0.2, 0.25) is 0 Å². The van der Waals surface area contributed by atoms with E-state index in [4.69, 9.17) is 4.99 Å². The second-order valence-electron chi connectivity index (χ2n) is 6.83. The molecule has 0 spiro atoms. The number of halogens is 1. The summed E-state index contributed by atoms with van der Waals surface area (Å²) in [5, 5.41) is 6.87. The van der Waals surface area contributed by atoms with Gasteiger partial charge in [-0.2, -0.15) is 0 Å². The lowest BCUT2D eigenvalue weighted by molar-refractivity contribution is 0.394. The highest BCUT2D eigenvalue weighted by Crippen LogP contribution is 2.16. The molecule has 0 amide bonds. The van der Waals surface area contributed by atoms with Crippen molar-refractivity contribution in [2.75, 3.05) is 39.8 Å². The number of hydrogen-bond acceptors (Lipinski definition) is 2. The van der Waals surface area contributed by atoms with Crippen LogP contribution in [0.4, 0.5) is 0 Å². The van der Waals surface area contributed by atoms with Crippen molar-refractivity contribution in [3.8, 4) is 0 Å². The van der Waals surface area contributed by atoms with Gasteiger partial charge in [0, 0.05) is 32.1 Å². The molecule has 1 aliphatic rings. The lowest BCUT2D eigenvalue weighted by Gasteiger charge is -2.16. The van der Waals surface area contributed by atoms with Crippen LogP contribution in [0.15, 0.2) is 29.3 Å². The first-order valence-corrected chi connectivity index (χ1v) is 8.85. The highest BCUT2D eigenvalue weighted by atomic mass is 127. The van der Waals surface area contributed by atoms with Gasteiger partial charge in [0.25, 0.3) is 0 Å². The minimum absolute atomic E-state index is 0. The van der Waals surface area contributed by atoms with E-state index in [1.54, 1.807) is 0 Å². The third-order valence-corrected chi connectivity index (χ3v) is 4.56. The molecule has 0 saturated carbocycles. The SMILES string of the molecule is CCNC(=NCC(C)c1ccc(C)cc1)NCC1CCN(C)C1.I. The Hall–Kier alpha value is -0.820. The highest BCUT2D eigenvalue weighted by molar-refractivity contribution is 14.0. The Bertz CT molecular complexity index is 501. The third kappa shape index (κ3) is 6.97. The second kappa shape index (κ2) is 10.9. The number of likely N-dealkylation sites (tertiary alicyclic amines) is 1. The van der Waals surface area contributed by atoms with E-state index in [-0.39, 0.29) is 24.0 Å². The topological polar surface area (TPSA) is 39.7 Å². The van der Waals surface area contributed by atoms with Gasteiger partial charge in [-0.05, 0) is 45.3 Å². The Labute approximate surface area is 164 Å². The zero-order chi connectivity index (χ0) is 16.7. The first kappa shape index (κ1) is 21.2. The molecule has 0 aliphatic carbocycles. The first-order valence-electron chi connectivity index (χ1n) is 8.85. The maximum Gasteiger partial charge on any atom is 0.191 e. The smallest absolute Gasteiger partial charge is 0.191 e. The minimum Gasteiger partial charge on any atom is -0.357 e. The molecule has 1 aromatic carbocycles. The molecule has 2 unspecified atom stereocenters.